The Labute approximate surface area is 146 Å². The Morgan fingerprint density at radius 2 is 2.16 bits per heavy atom. The summed E-state index contributed by atoms with van der Waals surface area (Å²) in [5.41, 5.74) is 3.22. The third-order valence-electron chi connectivity index (χ3n) is 4.94. The van der Waals surface area contributed by atoms with Gasteiger partial charge in [0.1, 0.15) is 17.4 Å². The van der Waals surface area contributed by atoms with E-state index in [9.17, 15) is 4.79 Å². The Kier molecular flexibility index (Phi) is 3.67. The predicted octanol–water partition coefficient (Wildman–Crippen LogP) is 2.43. The number of nitrogens with zero attached hydrogens (tertiary/aromatic N) is 4. The number of hydrogen-bond donors (Lipinski definition) is 0. The second kappa shape index (κ2) is 5.88. The Morgan fingerprint density at radius 3 is 2.96 bits per heavy atom. The number of benzene rings is 1. The first-order chi connectivity index (χ1) is 12.0. The summed E-state index contributed by atoms with van der Waals surface area (Å²) in [6.07, 6.45) is 4.08. The Hall–Kier alpha value is -2.89. The van der Waals surface area contributed by atoms with Gasteiger partial charge in [0.25, 0.3) is 5.91 Å². The number of aromatic nitrogens is 3. The summed E-state index contributed by atoms with van der Waals surface area (Å²) < 4.78 is 7.86. The van der Waals surface area contributed by atoms with E-state index >= 15 is 0 Å². The number of imidazole rings is 1. The highest BCUT2D eigenvalue weighted by Crippen LogP contribution is 2.30. The lowest BCUT2D eigenvalue weighted by atomic mass is 10.0. The maximum Gasteiger partial charge on any atom is 0.255 e. The molecule has 4 rings (SSSR count). The van der Waals surface area contributed by atoms with Crippen LogP contribution in [0.25, 0.3) is 11.2 Å². The van der Waals surface area contributed by atoms with E-state index in [4.69, 9.17) is 4.74 Å². The molecule has 2 unspecified atom stereocenters. The summed E-state index contributed by atoms with van der Waals surface area (Å²) in [5, 5.41) is 0. The number of para-hydroxylation sites is 1. The van der Waals surface area contributed by atoms with Crippen LogP contribution in [0, 0.1) is 0 Å². The fraction of sp³-hybridized carbons (Fsp3) is 0.316. The number of pyridine rings is 1. The van der Waals surface area contributed by atoms with E-state index < -0.39 is 0 Å². The monoisotopic (exact) mass is 336 g/mol. The number of fused-ring (bicyclic) bond motifs is 2. The minimum atomic E-state index is -0.0768. The topological polar surface area (TPSA) is 60.2 Å². The minimum Gasteiger partial charge on any atom is -0.488 e. The summed E-state index contributed by atoms with van der Waals surface area (Å²) >= 11 is 0. The number of carbonyl (C=O) groups excluding carboxylic acids is 1. The van der Waals surface area contributed by atoms with Gasteiger partial charge >= 0.3 is 0 Å². The van der Waals surface area contributed by atoms with Gasteiger partial charge in [-0.3, -0.25) is 4.79 Å². The molecule has 3 aromatic rings. The zero-order valence-corrected chi connectivity index (χ0v) is 14.5. The standard InChI is InChI=1S/C19H20N4O2/c1-12(17-9-13-6-4-5-7-16(13)25-17)23(3)19(24)14-8-15-18(20-10-14)22(2)11-21-15/h4-8,10-12,17H,9H2,1-3H3. The number of carbonyl (C=O) groups is 1. The maximum atomic E-state index is 12.9. The second-order valence-corrected chi connectivity index (χ2v) is 6.55. The van der Waals surface area contributed by atoms with E-state index in [0.29, 0.717) is 5.56 Å². The van der Waals surface area contributed by atoms with Crippen LogP contribution in [0.3, 0.4) is 0 Å². The zero-order valence-electron chi connectivity index (χ0n) is 14.5. The van der Waals surface area contributed by atoms with E-state index in [-0.39, 0.29) is 18.1 Å². The van der Waals surface area contributed by atoms with Gasteiger partial charge in [0.2, 0.25) is 0 Å². The first-order valence-electron chi connectivity index (χ1n) is 8.33. The van der Waals surface area contributed by atoms with E-state index in [1.165, 1.54) is 5.56 Å². The van der Waals surface area contributed by atoms with E-state index in [1.807, 2.05) is 43.8 Å². The number of hydrogen-bond acceptors (Lipinski definition) is 4. The third kappa shape index (κ3) is 2.63. The van der Waals surface area contributed by atoms with Crippen molar-refractivity contribution in [2.75, 3.05) is 7.05 Å². The average Bonchev–Trinajstić information content (AvgIpc) is 3.23. The van der Waals surface area contributed by atoms with E-state index in [1.54, 1.807) is 23.5 Å². The van der Waals surface area contributed by atoms with Crippen LogP contribution in [-0.2, 0) is 13.5 Å². The number of amides is 1. The second-order valence-electron chi connectivity index (χ2n) is 6.55. The van der Waals surface area contributed by atoms with Gasteiger partial charge < -0.3 is 14.2 Å². The molecule has 6 nitrogen and oxygen atoms in total. The molecule has 0 radical (unpaired) electrons. The van der Waals surface area contributed by atoms with Gasteiger partial charge in [-0.2, -0.15) is 0 Å². The summed E-state index contributed by atoms with van der Waals surface area (Å²) in [7, 11) is 3.69. The summed E-state index contributed by atoms with van der Waals surface area (Å²) in [6.45, 7) is 2.02. The smallest absolute Gasteiger partial charge is 0.255 e. The SMILES string of the molecule is CC(C1Cc2ccccc2O1)N(C)C(=O)c1cnc2c(c1)ncn2C. The van der Waals surface area contributed by atoms with Crippen LogP contribution in [0.5, 0.6) is 5.75 Å². The third-order valence-corrected chi connectivity index (χ3v) is 4.94. The zero-order chi connectivity index (χ0) is 17.6. The molecule has 1 aliphatic rings. The average molecular weight is 336 g/mol. The molecule has 1 aliphatic heterocycles. The van der Waals surface area contributed by atoms with Gasteiger partial charge in [-0.15, -0.1) is 0 Å². The molecule has 0 saturated carbocycles. The Bertz CT molecular complexity index is 925. The van der Waals surface area contributed by atoms with Crippen molar-refractivity contribution in [1.29, 1.82) is 0 Å². The van der Waals surface area contributed by atoms with Crippen molar-refractivity contribution in [1.82, 2.24) is 19.4 Å². The van der Waals surface area contributed by atoms with Crippen molar-refractivity contribution in [3.63, 3.8) is 0 Å². The van der Waals surface area contributed by atoms with E-state index in [2.05, 4.69) is 16.0 Å². The highest BCUT2D eigenvalue weighted by molar-refractivity contribution is 5.96. The first kappa shape index (κ1) is 15.6. The molecular weight excluding hydrogens is 316 g/mol. The quantitative estimate of drug-likeness (QED) is 0.737. The largest absolute Gasteiger partial charge is 0.488 e. The molecule has 0 fully saturated rings. The molecule has 1 aromatic carbocycles. The van der Waals surface area contributed by atoms with Crippen LogP contribution >= 0.6 is 0 Å². The highest BCUT2D eigenvalue weighted by Gasteiger charge is 2.32. The number of likely N-dealkylation sites (N-methyl/N-ethyl adjacent to an activating group) is 1. The molecule has 128 valence electrons. The minimum absolute atomic E-state index is 0.0436. The Morgan fingerprint density at radius 1 is 1.36 bits per heavy atom. The van der Waals surface area contributed by atoms with Crippen LogP contribution in [0.2, 0.25) is 0 Å². The molecule has 3 heterocycles. The lowest BCUT2D eigenvalue weighted by Crippen LogP contribution is -2.44. The van der Waals surface area contributed by atoms with Gasteiger partial charge in [-0.1, -0.05) is 18.2 Å². The fourth-order valence-corrected chi connectivity index (χ4v) is 3.25. The van der Waals surface area contributed by atoms with Crippen molar-refractivity contribution in [3.05, 3.63) is 54.0 Å². The number of aryl methyl sites for hydroxylation is 1. The molecule has 1 amide bonds. The lowest BCUT2D eigenvalue weighted by Gasteiger charge is -2.29. The molecular formula is C19H20N4O2. The molecule has 0 aliphatic carbocycles. The summed E-state index contributed by atoms with van der Waals surface area (Å²) in [5.74, 6) is 0.837. The maximum absolute atomic E-state index is 12.9. The first-order valence-corrected chi connectivity index (χ1v) is 8.33. The molecule has 0 spiro atoms. The van der Waals surface area contributed by atoms with Crippen LogP contribution in [0.4, 0.5) is 0 Å². The van der Waals surface area contributed by atoms with Gasteiger partial charge in [0, 0.05) is 26.7 Å². The van der Waals surface area contributed by atoms with Gasteiger partial charge in [0.05, 0.1) is 17.9 Å². The van der Waals surface area contributed by atoms with Crippen LogP contribution in [-0.4, -0.2) is 44.5 Å². The number of ether oxygens (including phenoxy) is 1. The number of rotatable bonds is 3. The predicted molar refractivity (Wildman–Crippen MR) is 94.6 cm³/mol. The molecule has 6 heteroatoms. The van der Waals surface area contributed by atoms with Crippen LogP contribution in [0.1, 0.15) is 22.8 Å². The van der Waals surface area contributed by atoms with Crippen molar-refractivity contribution >= 4 is 17.1 Å². The van der Waals surface area contributed by atoms with Crippen molar-refractivity contribution in [3.8, 4) is 5.75 Å². The lowest BCUT2D eigenvalue weighted by molar-refractivity contribution is 0.0598. The summed E-state index contributed by atoms with van der Waals surface area (Å²) in [6, 6.07) is 9.76. The highest BCUT2D eigenvalue weighted by atomic mass is 16.5. The van der Waals surface area contributed by atoms with Gasteiger partial charge in [-0.05, 0) is 24.6 Å². The molecule has 0 N–H and O–H groups in total. The van der Waals surface area contributed by atoms with Crippen molar-refractivity contribution in [2.24, 2.45) is 7.05 Å². The van der Waals surface area contributed by atoms with Crippen LogP contribution in [0.15, 0.2) is 42.9 Å². The Balaban J connectivity index is 1.53. The normalized spacial score (nSPS) is 17.2. The fourth-order valence-electron chi connectivity index (χ4n) is 3.25. The van der Waals surface area contributed by atoms with Crippen molar-refractivity contribution in [2.45, 2.75) is 25.5 Å². The molecule has 2 atom stereocenters. The molecule has 25 heavy (non-hydrogen) atoms. The van der Waals surface area contributed by atoms with Gasteiger partial charge in [0.15, 0.2) is 5.65 Å². The van der Waals surface area contributed by atoms with Gasteiger partial charge in [-0.25, -0.2) is 9.97 Å². The summed E-state index contributed by atoms with van der Waals surface area (Å²) in [4.78, 5) is 23.2. The van der Waals surface area contributed by atoms with Crippen LogP contribution < -0.4 is 4.74 Å². The molecule has 0 bridgehead atoms. The molecule has 2 aromatic heterocycles. The van der Waals surface area contributed by atoms with E-state index in [0.717, 1.165) is 23.3 Å². The molecule has 0 saturated heterocycles. The van der Waals surface area contributed by atoms with Crippen molar-refractivity contribution < 1.29 is 9.53 Å².